The van der Waals surface area contributed by atoms with Gasteiger partial charge < -0.3 is 14.8 Å². The highest BCUT2D eigenvalue weighted by molar-refractivity contribution is 5.76. The second-order valence-electron chi connectivity index (χ2n) is 7.68. The van der Waals surface area contributed by atoms with Gasteiger partial charge in [0.05, 0.1) is 35.4 Å². The minimum absolute atomic E-state index is 0.0147. The van der Waals surface area contributed by atoms with Crippen molar-refractivity contribution in [1.29, 1.82) is 5.26 Å². The lowest BCUT2D eigenvalue weighted by Gasteiger charge is -2.43. The largest absolute Gasteiger partial charge is 0.345 e. The molecule has 5 heterocycles. The molecule has 0 saturated carbocycles. The molecule has 2 atom stereocenters. The number of carbonyl (C=O) groups excluding carboxylic acids is 1. The molecule has 2 unspecified atom stereocenters. The smallest absolute Gasteiger partial charge is 0.320 e. The first-order valence-electron chi connectivity index (χ1n) is 9.38. The highest BCUT2D eigenvalue weighted by atomic mass is 16.2. The number of carbonyl (C=O) groups is 1. The molecule has 0 radical (unpaired) electrons. The number of imidazole rings is 1. The summed E-state index contributed by atoms with van der Waals surface area (Å²) >= 11 is 0. The van der Waals surface area contributed by atoms with Crippen LogP contribution in [0.3, 0.4) is 0 Å². The van der Waals surface area contributed by atoms with Gasteiger partial charge in [0.15, 0.2) is 5.65 Å². The van der Waals surface area contributed by atoms with Crippen molar-refractivity contribution < 1.29 is 4.79 Å². The Labute approximate surface area is 156 Å². The Hall–Kier alpha value is -3.08. The van der Waals surface area contributed by atoms with Crippen LogP contribution in [0.15, 0.2) is 24.7 Å². The highest BCUT2D eigenvalue weighted by Crippen LogP contribution is 2.34. The van der Waals surface area contributed by atoms with E-state index < -0.39 is 0 Å². The second-order valence-corrected chi connectivity index (χ2v) is 7.68. The van der Waals surface area contributed by atoms with Gasteiger partial charge >= 0.3 is 6.03 Å². The molecule has 2 amide bonds. The summed E-state index contributed by atoms with van der Waals surface area (Å²) in [6, 6.07) is 4.29. The lowest BCUT2D eigenvalue weighted by atomic mass is 9.86. The van der Waals surface area contributed by atoms with Gasteiger partial charge in [0, 0.05) is 38.3 Å². The van der Waals surface area contributed by atoms with Crippen LogP contribution in [-0.4, -0.2) is 61.4 Å². The molecular formula is C19H21N7O. The molecule has 1 N–H and O–H groups in total. The SMILES string of the molecule is CC1CCN(C(=O)N2CC(C#N)C2)CC1c1ncc2cnc3[nH]ccc3n12. The quantitative estimate of drug-likeness (QED) is 0.717. The van der Waals surface area contributed by atoms with Gasteiger partial charge in [-0.3, -0.25) is 4.40 Å². The molecule has 0 bridgehead atoms. The average molecular weight is 363 g/mol. The number of H-pyrrole nitrogens is 1. The molecule has 8 heteroatoms. The van der Waals surface area contributed by atoms with E-state index in [0.29, 0.717) is 25.6 Å². The molecular weight excluding hydrogens is 342 g/mol. The summed E-state index contributed by atoms with van der Waals surface area (Å²) < 4.78 is 2.16. The number of hydrogen-bond acceptors (Lipinski definition) is 4. The zero-order valence-electron chi connectivity index (χ0n) is 15.2. The number of nitrogens with one attached hydrogen (secondary N) is 1. The van der Waals surface area contributed by atoms with Gasteiger partial charge in [0.2, 0.25) is 0 Å². The van der Waals surface area contributed by atoms with Crippen molar-refractivity contribution in [2.24, 2.45) is 11.8 Å². The Morgan fingerprint density at radius 1 is 1.26 bits per heavy atom. The van der Waals surface area contributed by atoms with Gasteiger partial charge in [-0.05, 0) is 18.4 Å². The number of likely N-dealkylation sites (tertiary alicyclic amines) is 2. The molecule has 2 aliphatic rings. The number of aromatic nitrogens is 4. The first-order valence-corrected chi connectivity index (χ1v) is 9.38. The van der Waals surface area contributed by atoms with Crippen molar-refractivity contribution in [2.45, 2.75) is 19.3 Å². The van der Waals surface area contributed by atoms with E-state index in [0.717, 1.165) is 35.5 Å². The van der Waals surface area contributed by atoms with Gasteiger partial charge in [-0.1, -0.05) is 6.92 Å². The van der Waals surface area contributed by atoms with Gasteiger partial charge in [-0.15, -0.1) is 0 Å². The van der Waals surface area contributed by atoms with Gasteiger partial charge in [0.1, 0.15) is 5.82 Å². The number of nitrogens with zero attached hydrogens (tertiary/aromatic N) is 6. The van der Waals surface area contributed by atoms with Gasteiger partial charge in [0.25, 0.3) is 0 Å². The van der Waals surface area contributed by atoms with E-state index in [1.807, 2.05) is 29.6 Å². The number of hydrogen-bond donors (Lipinski definition) is 1. The second kappa shape index (κ2) is 5.98. The predicted octanol–water partition coefficient (Wildman–Crippen LogP) is 2.21. The third-order valence-corrected chi connectivity index (χ3v) is 5.98. The molecule has 2 fully saturated rings. The summed E-state index contributed by atoms with van der Waals surface area (Å²) in [7, 11) is 0. The number of aromatic amines is 1. The normalized spacial score (nSPS) is 23.6. The topological polar surface area (TPSA) is 93.3 Å². The predicted molar refractivity (Wildman–Crippen MR) is 99.0 cm³/mol. The van der Waals surface area contributed by atoms with E-state index in [4.69, 9.17) is 10.2 Å². The molecule has 5 rings (SSSR count). The lowest BCUT2D eigenvalue weighted by Crippen LogP contribution is -2.56. The molecule has 3 aromatic heterocycles. The third kappa shape index (κ3) is 2.46. The maximum Gasteiger partial charge on any atom is 0.320 e. The van der Waals surface area contributed by atoms with Gasteiger partial charge in [-0.2, -0.15) is 5.26 Å². The molecule has 2 aliphatic heterocycles. The standard InChI is InChI=1S/C19H21N7O/c1-12-3-5-24(19(27)25-9-13(6-20)10-25)11-15(12)18-23-8-14-7-22-17-16(26(14)18)2-4-21-17/h2,4,7-8,12-13,15,21H,3,5,9-11H2,1H3. The zero-order valence-corrected chi connectivity index (χ0v) is 15.2. The Kier molecular flexibility index (Phi) is 3.57. The monoisotopic (exact) mass is 363 g/mol. The van der Waals surface area contributed by atoms with Gasteiger partial charge in [-0.25, -0.2) is 14.8 Å². The molecule has 0 aromatic carbocycles. The summed E-state index contributed by atoms with van der Waals surface area (Å²) in [6.07, 6.45) is 6.52. The minimum atomic E-state index is -0.0147. The molecule has 0 aliphatic carbocycles. The summed E-state index contributed by atoms with van der Waals surface area (Å²) in [5.74, 6) is 1.57. The number of piperidine rings is 1. The molecule has 3 aromatic rings. The van der Waals surface area contributed by atoms with Crippen molar-refractivity contribution in [1.82, 2.24) is 29.2 Å². The Balaban J connectivity index is 1.46. The highest BCUT2D eigenvalue weighted by Gasteiger charge is 2.38. The van der Waals surface area contributed by atoms with Crippen LogP contribution in [0.4, 0.5) is 4.79 Å². The molecule has 0 spiro atoms. The number of rotatable bonds is 1. The Morgan fingerprint density at radius 3 is 2.89 bits per heavy atom. The summed E-state index contributed by atoms with van der Waals surface area (Å²) in [5.41, 5.74) is 2.81. The number of fused-ring (bicyclic) bond motifs is 3. The van der Waals surface area contributed by atoms with Crippen molar-refractivity contribution in [2.75, 3.05) is 26.2 Å². The van der Waals surface area contributed by atoms with Crippen LogP contribution in [-0.2, 0) is 0 Å². The fourth-order valence-corrected chi connectivity index (χ4v) is 4.26. The first kappa shape index (κ1) is 16.1. The van der Waals surface area contributed by atoms with E-state index in [1.165, 1.54) is 0 Å². The van der Waals surface area contributed by atoms with Crippen LogP contribution in [0.2, 0.25) is 0 Å². The van der Waals surface area contributed by atoms with E-state index in [2.05, 4.69) is 27.4 Å². The fourth-order valence-electron chi connectivity index (χ4n) is 4.26. The summed E-state index contributed by atoms with van der Waals surface area (Å²) in [5, 5.41) is 8.95. The van der Waals surface area contributed by atoms with Crippen LogP contribution in [0, 0.1) is 23.2 Å². The van der Waals surface area contributed by atoms with Crippen LogP contribution >= 0.6 is 0 Å². The lowest BCUT2D eigenvalue weighted by molar-refractivity contribution is 0.0901. The van der Waals surface area contributed by atoms with E-state index >= 15 is 0 Å². The maximum absolute atomic E-state index is 12.8. The van der Waals surface area contributed by atoms with E-state index in [-0.39, 0.29) is 17.9 Å². The van der Waals surface area contributed by atoms with Crippen LogP contribution in [0.1, 0.15) is 25.1 Å². The van der Waals surface area contributed by atoms with Crippen LogP contribution in [0.25, 0.3) is 16.7 Å². The minimum Gasteiger partial charge on any atom is -0.345 e. The van der Waals surface area contributed by atoms with Crippen LogP contribution < -0.4 is 0 Å². The summed E-state index contributed by atoms with van der Waals surface area (Å²) in [6.45, 7) is 4.75. The summed E-state index contributed by atoms with van der Waals surface area (Å²) in [4.78, 5) is 28.8. The average Bonchev–Trinajstić information content (AvgIpc) is 3.27. The third-order valence-electron chi connectivity index (χ3n) is 5.98. The number of nitriles is 1. The van der Waals surface area contributed by atoms with Crippen molar-refractivity contribution >= 4 is 22.7 Å². The van der Waals surface area contributed by atoms with E-state index in [1.54, 1.807) is 4.90 Å². The zero-order chi connectivity index (χ0) is 18.5. The number of amides is 2. The van der Waals surface area contributed by atoms with Crippen molar-refractivity contribution in [3.8, 4) is 6.07 Å². The van der Waals surface area contributed by atoms with Crippen molar-refractivity contribution in [3.05, 3.63) is 30.5 Å². The van der Waals surface area contributed by atoms with Crippen LogP contribution in [0.5, 0.6) is 0 Å². The Bertz CT molecular complexity index is 1060. The maximum atomic E-state index is 12.8. The fraction of sp³-hybridized carbons (Fsp3) is 0.474. The van der Waals surface area contributed by atoms with Crippen molar-refractivity contribution in [3.63, 3.8) is 0 Å². The molecule has 8 nitrogen and oxygen atoms in total. The molecule has 2 saturated heterocycles. The first-order chi connectivity index (χ1) is 13.2. The molecule has 138 valence electrons. The van der Waals surface area contributed by atoms with E-state index in [9.17, 15) is 4.79 Å². The Morgan fingerprint density at radius 2 is 2.07 bits per heavy atom. The number of urea groups is 1. The molecule has 27 heavy (non-hydrogen) atoms.